The summed E-state index contributed by atoms with van der Waals surface area (Å²) in [5.74, 6) is 1.79. The van der Waals surface area contributed by atoms with Gasteiger partial charge < -0.3 is 15.4 Å². The number of fused-ring (bicyclic) bond motifs is 1. The minimum Gasteiger partial charge on any atom is -0.399 e. The molecule has 3 aromatic rings. The van der Waals surface area contributed by atoms with E-state index in [1.165, 1.54) is 0 Å². The first-order valence-corrected chi connectivity index (χ1v) is 7.81. The third-order valence-electron chi connectivity index (χ3n) is 4.07. The summed E-state index contributed by atoms with van der Waals surface area (Å²) < 4.78 is 7.36. The van der Waals surface area contributed by atoms with Crippen LogP contribution < -0.4 is 10.6 Å². The maximum atomic E-state index is 5.75. The van der Waals surface area contributed by atoms with Crippen LogP contribution >= 0.6 is 0 Å². The Labute approximate surface area is 134 Å². The summed E-state index contributed by atoms with van der Waals surface area (Å²) in [6, 6.07) is 11.9. The van der Waals surface area contributed by atoms with Gasteiger partial charge in [0.15, 0.2) is 11.6 Å². The zero-order valence-electron chi connectivity index (χ0n) is 12.9. The normalized spacial score (nSPS) is 15.2. The molecule has 2 aromatic heterocycles. The van der Waals surface area contributed by atoms with E-state index in [0.29, 0.717) is 6.42 Å². The Morgan fingerprint density at radius 3 is 2.65 bits per heavy atom. The maximum Gasteiger partial charge on any atom is 0.157 e. The molecule has 3 heterocycles. The number of aromatic nitrogens is 3. The van der Waals surface area contributed by atoms with Crippen molar-refractivity contribution in [3.8, 4) is 0 Å². The number of hydrogen-bond donors (Lipinski definition) is 1. The van der Waals surface area contributed by atoms with Crippen molar-refractivity contribution in [2.45, 2.75) is 6.42 Å². The van der Waals surface area contributed by atoms with E-state index in [1.54, 1.807) is 0 Å². The van der Waals surface area contributed by atoms with E-state index in [0.717, 1.165) is 54.7 Å². The third kappa shape index (κ3) is 2.85. The fourth-order valence-corrected chi connectivity index (χ4v) is 2.86. The van der Waals surface area contributed by atoms with Crippen LogP contribution in [0.1, 0.15) is 11.4 Å². The Bertz CT molecular complexity index is 805. The van der Waals surface area contributed by atoms with Crippen LogP contribution in [0, 0.1) is 0 Å². The highest BCUT2D eigenvalue weighted by Crippen LogP contribution is 2.21. The maximum absolute atomic E-state index is 5.75. The molecule has 6 heteroatoms. The molecule has 0 radical (unpaired) electrons. The lowest BCUT2D eigenvalue weighted by Gasteiger charge is -2.28. The van der Waals surface area contributed by atoms with Crippen LogP contribution in [-0.2, 0) is 11.2 Å². The van der Waals surface area contributed by atoms with Crippen molar-refractivity contribution in [3.63, 3.8) is 0 Å². The average Bonchev–Trinajstić information content (AvgIpc) is 3.05. The summed E-state index contributed by atoms with van der Waals surface area (Å²) in [5.41, 5.74) is 8.70. The second-order valence-electron chi connectivity index (χ2n) is 5.71. The van der Waals surface area contributed by atoms with E-state index in [-0.39, 0.29) is 0 Å². The predicted molar refractivity (Wildman–Crippen MR) is 89.7 cm³/mol. The molecule has 0 saturated carbocycles. The number of nitrogens with zero attached hydrogens (tertiary/aromatic N) is 4. The molecule has 4 rings (SSSR count). The van der Waals surface area contributed by atoms with Gasteiger partial charge in [0.25, 0.3) is 0 Å². The molecular formula is C17H19N5O. The van der Waals surface area contributed by atoms with Gasteiger partial charge >= 0.3 is 0 Å². The lowest BCUT2D eigenvalue weighted by atomic mass is 10.1. The first-order valence-electron chi connectivity index (χ1n) is 7.81. The van der Waals surface area contributed by atoms with E-state index in [2.05, 4.69) is 16.1 Å². The van der Waals surface area contributed by atoms with Crippen molar-refractivity contribution in [1.82, 2.24) is 14.6 Å². The van der Waals surface area contributed by atoms with Gasteiger partial charge in [-0.2, -0.15) is 5.10 Å². The monoisotopic (exact) mass is 309 g/mol. The van der Waals surface area contributed by atoms with Gasteiger partial charge in [-0.1, -0.05) is 12.1 Å². The Morgan fingerprint density at radius 2 is 1.87 bits per heavy atom. The molecule has 1 fully saturated rings. The number of benzene rings is 1. The summed E-state index contributed by atoms with van der Waals surface area (Å²) in [6.07, 6.45) is 2.65. The standard InChI is InChI=1S/C17H19N5O/c18-14-5-3-13(4-6-14)12-16-19-17(21-8-10-23-11-9-21)15-2-1-7-22(15)20-16/h1-7H,8-12,18H2. The van der Waals surface area contributed by atoms with Gasteiger partial charge in [0.05, 0.1) is 13.2 Å². The highest BCUT2D eigenvalue weighted by Gasteiger charge is 2.17. The van der Waals surface area contributed by atoms with Gasteiger partial charge in [0, 0.05) is 31.4 Å². The summed E-state index contributed by atoms with van der Waals surface area (Å²) >= 11 is 0. The fraction of sp³-hybridized carbons (Fsp3) is 0.294. The zero-order valence-corrected chi connectivity index (χ0v) is 12.9. The largest absolute Gasteiger partial charge is 0.399 e. The van der Waals surface area contributed by atoms with E-state index in [9.17, 15) is 0 Å². The van der Waals surface area contributed by atoms with Crippen LogP contribution in [0.15, 0.2) is 42.6 Å². The van der Waals surface area contributed by atoms with Gasteiger partial charge in [-0.25, -0.2) is 9.50 Å². The first kappa shape index (κ1) is 14.0. The number of rotatable bonds is 3. The fourth-order valence-electron chi connectivity index (χ4n) is 2.86. The first-order chi connectivity index (χ1) is 11.3. The number of morpholine rings is 1. The number of anilines is 2. The van der Waals surface area contributed by atoms with Crippen LogP contribution in [0.2, 0.25) is 0 Å². The lowest BCUT2D eigenvalue weighted by molar-refractivity contribution is 0.122. The average molecular weight is 309 g/mol. The Kier molecular flexibility index (Phi) is 3.59. The molecule has 0 unspecified atom stereocenters. The zero-order chi connectivity index (χ0) is 15.6. The molecule has 0 atom stereocenters. The smallest absolute Gasteiger partial charge is 0.157 e. The van der Waals surface area contributed by atoms with E-state index in [1.807, 2.05) is 41.0 Å². The Morgan fingerprint density at radius 1 is 1.09 bits per heavy atom. The highest BCUT2D eigenvalue weighted by molar-refractivity contribution is 5.69. The predicted octanol–water partition coefficient (Wildman–Crippen LogP) is 1.74. The van der Waals surface area contributed by atoms with E-state index < -0.39 is 0 Å². The molecule has 1 aromatic carbocycles. The van der Waals surface area contributed by atoms with Crippen molar-refractivity contribution in [1.29, 1.82) is 0 Å². The molecule has 23 heavy (non-hydrogen) atoms. The van der Waals surface area contributed by atoms with Crippen molar-refractivity contribution in [2.75, 3.05) is 36.9 Å². The SMILES string of the molecule is Nc1ccc(Cc2nc(N3CCOCC3)c3cccn3n2)cc1. The topological polar surface area (TPSA) is 68.7 Å². The molecule has 1 aliphatic rings. The minimum absolute atomic E-state index is 0.686. The molecule has 0 spiro atoms. The van der Waals surface area contributed by atoms with Crippen molar-refractivity contribution in [2.24, 2.45) is 0 Å². The molecule has 1 aliphatic heterocycles. The molecule has 1 saturated heterocycles. The summed E-state index contributed by atoms with van der Waals surface area (Å²) in [4.78, 5) is 7.09. The summed E-state index contributed by atoms with van der Waals surface area (Å²) in [6.45, 7) is 3.20. The van der Waals surface area contributed by atoms with Crippen LogP contribution in [-0.4, -0.2) is 40.9 Å². The lowest BCUT2D eigenvalue weighted by Crippen LogP contribution is -2.37. The second-order valence-corrected chi connectivity index (χ2v) is 5.71. The molecule has 0 amide bonds. The van der Waals surface area contributed by atoms with Crippen LogP contribution in [0.25, 0.3) is 5.52 Å². The molecule has 6 nitrogen and oxygen atoms in total. The number of ether oxygens (including phenoxy) is 1. The van der Waals surface area contributed by atoms with Crippen LogP contribution in [0.3, 0.4) is 0 Å². The third-order valence-corrected chi connectivity index (χ3v) is 4.07. The second kappa shape index (κ2) is 5.89. The van der Waals surface area contributed by atoms with E-state index in [4.69, 9.17) is 15.5 Å². The van der Waals surface area contributed by atoms with Crippen LogP contribution in [0.5, 0.6) is 0 Å². The number of nitrogens with two attached hydrogens (primary N) is 1. The quantitative estimate of drug-likeness (QED) is 0.746. The Hall–Kier alpha value is -2.60. The van der Waals surface area contributed by atoms with Crippen LogP contribution in [0.4, 0.5) is 11.5 Å². The summed E-state index contributed by atoms with van der Waals surface area (Å²) in [5, 5.41) is 4.62. The van der Waals surface area contributed by atoms with Gasteiger partial charge in [-0.15, -0.1) is 0 Å². The van der Waals surface area contributed by atoms with E-state index >= 15 is 0 Å². The molecule has 118 valence electrons. The van der Waals surface area contributed by atoms with Gasteiger partial charge in [0.2, 0.25) is 0 Å². The highest BCUT2D eigenvalue weighted by atomic mass is 16.5. The Balaban J connectivity index is 1.70. The number of nitrogen functional groups attached to an aromatic ring is 1. The molecule has 2 N–H and O–H groups in total. The van der Waals surface area contributed by atoms with Crippen molar-refractivity contribution in [3.05, 3.63) is 54.0 Å². The van der Waals surface area contributed by atoms with Gasteiger partial charge in [-0.05, 0) is 29.8 Å². The molecular weight excluding hydrogens is 290 g/mol. The number of hydrogen-bond acceptors (Lipinski definition) is 5. The van der Waals surface area contributed by atoms with Crippen molar-refractivity contribution >= 4 is 17.0 Å². The van der Waals surface area contributed by atoms with Gasteiger partial charge in [-0.3, -0.25) is 0 Å². The minimum atomic E-state index is 0.686. The summed E-state index contributed by atoms with van der Waals surface area (Å²) in [7, 11) is 0. The molecule has 0 aliphatic carbocycles. The molecule has 0 bridgehead atoms. The van der Waals surface area contributed by atoms with Crippen molar-refractivity contribution < 1.29 is 4.74 Å². The van der Waals surface area contributed by atoms with Gasteiger partial charge in [0.1, 0.15) is 5.52 Å².